The van der Waals surface area contributed by atoms with E-state index < -0.39 is 0 Å². The van der Waals surface area contributed by atoms with Crippen LogP contribution in [0.4, 0.5) is 11.5 Å². The van der Waals surface area contributed by atoms with Gasteiger partial charge in [0.2, 0.25) is 0 Å². The predicted molar refractivity (Wildman–Crippen MR) is 69.3 cm³/mol. The molecule has 0 aliphatic carbocycles. The highest BCUT2D eigenvalue weighted by molar-refractivity contribution is 5.57. The molecule has 2 heterocycles. The van der Waals surface area contributed by atoms with Crippen LogP contribution in [0.2, 0.25) is 0 Å². The van der Waals surface area contributed by atoms with Crippen LogP contribution in [0.15, 0.2) is 36.5 Å². The molecule has 2 aromatic rings. The fourth-order valence-electron chi connectivity index (χ4n) is 2.27. The molecular weight excluding hydrogens is 212 g/mol. The molecular formula is C13H16N4. The first-order chi connectivity index (χ1) is 8.33. The van der Waals surface area contributed by atoms with Crippen molar-refractivity contribution in [3.63, 3.8) is 0 Å². The summed E-state index contributed by atoms with van der Waals surface area (Å²) in [6, 6.07) is 10.9. The minimum atomic E-state index is 0.460. The van der Waals surface area contributed by atoms with Crippen molar-refractivity contribution in [1.29, 1.82) is 0 Å². The van der Waals surface area contributed by atoms with Gasteiger partial charge in [-0.2, -0.15) is 5.10 Å². The van der Waals surface area contributed by atoms with Crippen LogP contribution in [0.5, 0.6) is 0 Å². The average Bonchev–Trinajstić information content (AvgIpc) is 2.92. The quantitative estimate of drug-likeness (QED) is 0.842. The van der Waals surface area contributed by atoms with Crippen molar-refractivity contribution in [3.8, 4) is 0 Å². The zero-order valence-electron chi connectivity index (χ0n) is 9.85. The number of nitrogens with one attached hydrogen (secondary N) is 2. The minimum absolute atomic E-state index is 0.460. The number of rotatable bonds is 3. The highest BCUT2D eigenvalue weighted by atomic mass is 15.3. The molecule has 0 radical (unpaired) electrons. The van der Waals surface area contributed by atoms with Gasteiger partial charge in [0.05, 0.1) is 6.20 Å². The van der Waals surface area contributed by atoms with E-state index >= 15 is 0 Å². The molecule has 0 bridgehead atoms. The maximum absolute atomic E-state index is 4.14. The van der Waals surface area contributed by atoms with Crippen LogP contribution in [-0.4, -0.2) is 22.4 Å². The van der Waals surface area contributed by atoms with Crippen molar-refractivity contribution in [2.24, 2.45) is 7.05 Å². The minimum Gasteiger partial charge on any atom is -0.380 e. The van der Waals surface area contributed by atoms with Crippen LogP contribution in [0.3, 0.4) is 0 Å². The Labute approximate surface area is 101 Å². The highest BCUT2D eigenvalue weighted by Gasteiger charge is 2.19. The molecule has 4 nitrogen and oxygen atoms in total. The summed E-state index contributed by atoms with van der Waals surface area (Å²) < 4.78 is 1.85. The van der Waals surface area contributed by atoms with E-state index in [1.54, 1.807) is 6.20 Å². The van der Waals surface area contributed by atoms with E-state index in [0.717, 1.165) is 18.8 Å². The first-order valence-corrected chi connectivity index (χ1v) is 5.89. The fraction of sp³-hybridized carbons (Fsp3) is 0.308. The Hall–Kier alpha value is -1.97. The Morgan fingerprint density at radius 1 is 1.41 bits per heavy atom. The smallest absolute Gasteiger partial charge is 0.123 e. The van der Waals surface area contributed by atoms with Crippen LogP contribution in [-0.2, 0) is 13.5 Å². The van der Waals surface area contributed by atoms with E-state index in [4.69, 9.17) is 0 Å². The van der Waals surface area contributed by atoms with Crippen molar-refractivity contribution in [3.05, 3.63) is 42.1 Å². The molecule has 0 saturated heterocycles. The molecule has 1 aromatic carbocycles. The Bertz CT molecular complexity index is 493. The highest BCUT2D eigenvalue weighted by Crippen LogP contribution is 2.25. The Balaban J connectivity index is 1.61. The summed E-state index contributed by atoms with van der Waals surface area (Å²) in [7, 11) is 1.94. The summed E-state index contributed by atoms with van der Waals surface area (Å²) in [6.07, 6.45) is 2.89. The third-order valence-electron chi connectivity index (χ3n) is 3.19. The van der Waals surface area contributed by atoms with E-state index in [0.29, 0.717) is 6.04 Å². The second-order valence-corrected chi connectivity index (χ2v) is 4.42. The number of hydrogen-bond acceptors (Lipinski definition) is 3. The number of aromatic nitrogens is 2. The summed E-state index contributed by atoms with van der Waals surface area (Å²) in [4.78, 5) is 0. The van der Waals surface area contributed by atoms with Gasteiger partial charge in [-0.1, -0.05) is 18.2 Å². The van der Waals surface area contributed by atoms with Crippen molar-refractivity contribution in [2.75, 3.05) is 17.2 Å². The van der Waals surface area contributed by atoms with Crippen molar-refractivity contribution < 1.29 is 0 Å². The normalized spacial score (nSPS) is 17.6. The van der Waals surface area contributed by atoms with Crippen LogP contribution < -0.4 is 10.6 Å². The molecule has 3 rings (SSSR count). The lowest BCUT2D eigenvalue weighted by atomic mass is 10.1. The van der Waals surface area contributed by atoms with Gasteiger partial charge in [-0.25, -0.2) is 0 Å². The number of para-hydroxylation sites is 1. The van der Waals surface area contributed by atoms with E-state index in [2.05, 4.69) is 40.0 Å². The Morgan fingerprint density at radius 2 is 2.29 bits per heavy atom. The Kier molecular flexibility index (Phi) is 2.48. The van der Waals surface area contributed by atoms with E-state index in [1.807, 2.05) is 17.8 Å². The maximum atomic E-state index is 4.14. The monoisotopic (exact) mass is 228 g/mol. The van der Waals surface area contributed by atoms with Crippen LogP contribution >= 0.6 is 0 Å². The number of benzene rings is 1. The zero-order chi connectivity index (χ0) is 11.7. The number of aryl methyl sites for hydroxylation is 1. The van der Waals surface area contributed by atoms with Crippen LogP contribution in [0.25, 0.3) is 0 Å². The molecule has 1 aromatic heterocycles. The molecule has 1 aliphatic rings. The second-order valence-electron chi connectivity index (χ2n) is 4.42. The predicted octanol–water partition coefficient (Wildman–Crippen LogP) is 1.87. The lowest BCUT2D eigenvalue weighted by Gasteiger charge is -2.13. The molecule has 0 saturated carbocycles. The molecule has 0 amide bonds. The SMILES string of the molecule is Cn1nccc1NC[C@@H]1Cc2ccccc2N1. The average molecular weight is 228 g/mol. The molecule has 2 N–H and O–H groups in total. The number of fused-ring (bicyclic) bond motifs is 1. The van der Waals surface area contributed by atoms with Crippen molar-refractivity contribution in [2.45, 2.75) is 12.5 Å². The molecule has 1 aliphatic heterocycles. The van der Waals surface area contributed by atoms with Gasteiger partial charge in [0, 0.05) is 31.4 Å². The number of hydrogen-bond donors (Lipinski definition) is 2. The molecule has 0 spiro atoms. The van der Waals surface area contributed by atoms with Gasteiger partial charge < -0.3 is 10.6 Å². The summed E-state index contributed by atoms with van der Waals surface area (Å²) in [5.74, 6) is 1.06. The standard InChI is InChI=1S/C13H16N4/c1-17-13(6-7-15-17)14-9-11-8-10-4-2-3-5-12(10)16-11/h2-7,11,14,16H,8-9H2,1H3/t11-/m0/s1. The molecule has 0 fully saturated rings. The van der Waals surface area contributed by atoms with Gasteiger partial charge in [0.25, 0.3) is 0 Å². The Morgan fingerprint density at radius 3 is 3.06 bits per heavy atom. The molecule has 88 valence electrons. The van der Waals surface area contributed by atoms with Crippen molar-refractivity contribution in [1.82, 2.24) is 9.78 Å². The van der Waals surface area contributed by atoms with E-state index in [1.165, 1.54) is 11.3 Å². The van der Waals surface area contributed by atoms with Crippen LogP contribution in [0, 0.1) is 0 Å². The summed E-state index contributed by atoms with van der Waals surface area (Å²) >= 11 is 0. The zero-order valence-corrected chi connectivity index (χ0v) is 9.85. The molecule has 4 heteroatoms. The van der Waals surface area contributed by atoms with E-state index in [-0.39, 0.29) is 0 Å². The largest absolute Gasteiger partial charge is 0.380 e. The molecule has 17 heavy (non-hydrogen) atoms. The van der Waals surface area contributed by atoms with Gasteiger partial charge in [-0.05, 0) is 18.1 Å². The third kappa shape index (κ3) is 1.98. The van der Waals surface area contributed by atoms with Gasteiger partial charge in [0.1, 0.15) is 5.82 Å². The van der Waals surface area contributed by atoms with Gasteiger partial charge in [0.15, 0.2) is 0 Å². The third-order valence-corrected chi connectivity index (χ3v) is 3.19. The van der Waals surface area contributed by atoms with Gasteiger partial charge >= 0.3 is 0 Å². The first kappa shape index (κ1) is 10.2. The van der Waals surface area contributed by atoms with Crippen LogP contribution in [0.1, 0.15) is 5.56 Å². The second kappa shape index (κ2) is 4.13. The summed E-state index contributed by atoms with van der Waals surface area (Å²) in [5.41, 5.74) is 2.67. The first-order valence-electron chi connectivity index (χ1n) is 5.89. The fourth-order valence-corrected chi connectivity index (χ4v) is 2.27. The topological polar surface area (TPSA) is 41.9 Å². The summed E-state index contributed by atoms with van der Waals surface area (Å²) in [5, 5.41) is 11.1. The number of anilines is 2. The van der Waals surface area contributed by atoms with Gasteiger partial charge in [-0.3, -0.25) is 4.68 Å². The van der Waals surface area contributed by atoms with E-state index in [9.17, 15) is 0 Å². The number of nitrogens with zero attached hydrogens (tertiary/aromatic N) is 2. The van der Waals surface area contributed by atoms with Gasteiger partial charge in [-0.15, -0.1) is 0 Å². The lowest BCUT2D eigenvalue weighted by Crippen LogP contribution is -2.26. The van der Waals surface area contributed by atoms with Crippen molar-refractivity contribution >= 4 is 11.5 Å². The molecule has 1 atom stereocenters. The molecule has 0 unspecified atom stereocenters. The summed E-state index contributed by atoms with van der Waals surface area (Å²) in [6.45, 7) is 0.911. The maximum Gasteiger partial charge on any atom is 0.123 e. The lowest BCUT2D eigenvalue weighted by molar-refractivity contribution is 0.743.